The maximum atomic E-state index is 13.6. The van der Waals surface area contributed by atoms with Crippen LogP contribution in [0.1, 0.15) is 16.1 Å². The van der Waals surface area contributed by atoms with Crippen LogP contribution >= 0.6 is 0 Å². The molecule has 0 saturated heterocycles. The van der Waals surface area contributed by atoms with Crippen LogP contribution < -0.4 is 16.4 Å². The number of amides is 1. The molecule has 0 aliphatic rings. The van der Waals surface area contributed by atoms with Gasteiger partial charge in [0.15, 0.2) is 11.3 Å². The van der Waals surface area contributed by atoms with E-state index < -0.39 is 5.91 Å². The SMILES string of the molecule is O=C(Nc1ccccc1-n1ncc2c(=O)[nH]cnc21)c1nn(Cc2ccccc2)c(=O)c2ccccc12. The van der Waals surface area contributed by atoms with Gasteiger partial charge in [0.2, 0.25) is 0 Å². The van der Waals surface area contributed by atoms with E-state index in [2.05, 4.69) is 25.5 Å². The van der Waals surface area contributed by atoms with Crippen LogP contribution in [-0.4, -0.2) is 35.4 Å². The summed E-state index contributed by atoms with van der Waals surface area (Å²) in [6.45, 7) is 0.223. The molecule has 10 nitrogen and oxygen atoms in total. The zero-order valence-corrected chi connectivity index (χ0v) is 19.3. The highest BCUT2D eigenvalue weighted by Gasteiger charge is 2.19. The summed E-state index contributed by atoms with van der Waals surface area (Å²) in [5.74, 6) is -0.493. The predicted molar refractivity (Wildman–Crippen MR) is 139 cm³/mol. The minimum Gasteiger partial charge on any atom is -0.319 e. The zero-order chi connectivity index (χ0) is 25.4. The molecule has 0 aliphatic carbocycles. The summed E-state index contributed by atoms with van der Waals surface area (Å²) in [7, 11) is 0. The Kier molecular flexibility index (Phi) is 5.38. The van der Waals surface area contributed by atoms with E-state index in [-0.39, 0.29) is 23.4 Å². The number of para-hydroxylation sites is 2. The third-order valence-corrected chi connectivity index (χ3v) is 6.01. The number of hydrogen-bond acceptors (Lipinski definition) is 6. The fourth-order valence-electron chi connectivity index (χ4n) is 4.24. The first-order valence-electron chi connectivity index (χ1n) is 11.5. The van der Waals surface area contributed by atoms with E-state index in [0.717, 1.165) is 5.56 Å². The fourth-order valence-corrected chi connectivity index (χ4v) is 4.24. The lowest BCUT2D eigenvalue weighted by Crippen LogP contribution is -2.28. The summed E-state index contributed by atoms with van der Waals surface area (Å²) in [5, 5.41) is 12.8. The molecule has 0 unspecified atom stereocenters. The molecular weight excluding hydrogens is 470 g/mol. The Balaban J connectivity index is 1.43. The molecule has 6 aromatic rings. The number of anilines is 1. The molecule has 2 N–H and O–H groups in total. The van der Waals surface area contributed by atoms with Gasteiger partial charge in [-0.2, -0.15) is 10.2 Å². The van der Waals surface area contributed by atoms with Crippen molar-refractivity contribution in [3.63, 3.8) is 0 Å². The molecule has 0 fully saturated rings. The lowest BCUT2D eigenvalue weighted by Gasteiger charge is -2.14. The van der Waals surface area contributed by atoms with Crippen molar-refractivity contribution in [2.45, 2.75) is 6.54 Å². The Hall–Kier alpha value is -5.38. The van der Waals surface area contributed by atoms with Crippen LogP contribution in [0, 0.1) is 0 Å². The second kappa shape index (κ2) is 9.00. The minimum absolute atomic E-state index is 0.112. The largest absolute Gasteiger partial charge is 0.319 e. The highest BCUT2D eigenvalue weighted by molar-refractivity contribution is 6.11. The lowest BCUT2D eigenvalue weighted by atomic mass is 10.1. The first kappa shape index (κ1) is 22.1. The Morgan fingerprint density at radius 2 is 1.59 bits per heavy atom. The number of carbonyl (C=O) groups is 1. The Morgan fingerprint density at radius 1 is 0.865 bits per heavy atom. The summed E-state index contributed by atoms with van der Waals surface area (Å²) in [4.78, 5) is 45.6. The molecule has 37 heavy (non-hydrogen) atoms. The molecule has 180 valence electrons. The minimum atomic E-state index is -0.493. The molecule has 6 rings (SSSR count). The van der Waals surface area contributed by atoms with Crippen molar-refractivity contribution in [3.05, 3.63) is 123 Å². The molecule has 0 spiro atoms. The highest BCUT2D eigenvalue weighted by atomic mass is 16.2. The van der Waals surface area contributed by atoms with Crippen molar-refractivity contribution in [1.29, 1.82) is 0 Å². The van der Waals surface area contributed by atoms with E-state index in [1.54, 1.807) is 48.5 Å². The van der Waals surface area contributed by atoms with E-state index in [4.69, 9.17) is 0 Å². The van der Waals surface area contributed by atoms with Crippen molar-refractivity contribution in [2.24, 2.45) is 0 Å². The van der Waals surface area contributed by atoms with Gasteiger partial charge in [0.25, 0.3) is 17.0 Å². The molecule has 1 amide bonds. The van der Waals surface area contributed by atoms with E-state index in [1.165, 1.54) is 21.9 Å². The van der Waals surface area contributed by atoms with Crippen LogP contribution in [0.15, 0.2) is 101 Å². The van der Waals surface area contributed by atoms with Crippen molar-refractivity contribution >= 4 is 33.4 Å². The van der Waals surface area contributed by atoms with Gasteiger partial charge >= 0.3 is 0 Å². The summed E-state index contributed by atoms with van der Waals surface area (Å²) in [6.07, 6.45) is 2.73. The average molecular weight is 489 g/mol. The van der Waals surface area contributed by atoms with Gasteiger partial charge in [-0.3, -0.25) is 14.4 Å². The number of benzene rings is 3. The van der Waals surface area contributed by atoms with Crippen molar-refractivity contribution in [1.82, 2.24) is 29.5 Å². The van der Waals surface area contributed by atoms with Crippen molar-refractivity contribution in [3.8, 4) is 5.69 Å². The number of nitrogens with zero attached hydrogens (tertiary/aromatic N) is 5. The van der Waals surface area contributed by atoms with Gasteiger partial charge in [-0.25, -0.2) is 14.3 Å². The maximum absolute atomic E-state index is 13.6. The number of H-pyrrole nitrogens is 1. The van der Waals surface area contributed by atoms with E-state index in [9.17, 15) is 14.4 Å². The third kappa shape index (κ3) is 3.96. The number of fused-ring (bicyclic) bond motifs is 2. The first-order chi connectivity index (χ1) is 18.1. The van der Waals surface area contributed by atoms with E-state index in [1.807, 2.05) is 30.3 Å². The second-order valence-corrected chi connectivity index (χ2v) is 8.34. The summed E-state index contributed by atoms with van der Waals surface area (Å²) in [6, 6.07) is 23.4. The Morgan fingerprint density at radius 3 is 2.43 bits per heavy atom. The number of rotatable bonds is 5. The maximum Gasteiger partial charge on any atom is 0.276 e. The smallest absolute Gasteiger partial charge is 0.276 e. The van der Waals surface area contributed by atoms with Gasteiger partial charge in [0.05, 0.1) is 35.8 Å². The first-order valence-corrected chi connectivity index (χ1v) is 11.5. The number of aromatic amines is 1. The molecule has 3 aromatic heterocycles. The molecule has 0 atom stereocenters. The highest BCUT2D eigenvalue weighted by Crippen LogP contribution is 2.23. The summed E-state index contributed by atoms with van der Waals surface area (Å²) >= 11 is 0. The summed E-state index contributed by atoms with van der Waals surface area (Å²) < 4.78 is 2.79. The van der Waals surface area contributed by atoms with Gasteiger partial charge in [-0.15, -0.1) is 0 Å². The van der Waals surface area contributed by atoms with Gasteiger partial charge in [-0.05, 0) is 23.8 Å². The molecule has 3 heterocycles. The van der Waals surface area contributed by atoms with Gasteiger partial charge in [0.1, 0.15) is 5.39 Å². The molecule has 0 bridgehead atoms. The summed E-state index contributed by atoms with van der Waals surface area (Å²) in [5.41, 5.74) is 1.71. The van der Waals surface area contributed by atoms with Crippen molar-refractivity contribution < 1.29 is 4.79 Å². The normalized spacial score (nSPS) is 11.1. The van der Waals surface area contributed by atoms with Crippen LogP contribution in [0.3, 0.4) is 0 Å². The quantitative estimate of drug-likeness (QED) is 0.383. The van der Waals surface area contributed by atoms with Crippen LogP contribution in [-0.2, 0) is 6.54 Å². The van der Waals surface area contributed by atoms with Crippen LogP contribution in [0.25, 0.3) is 27.5 Å². The van der Waals surface area contributed by atoms with Crippen LogP contribution in [0.4, 0.5) is 5.69 Å². The van der Waals surface area contributed by atoms with Crippen molar-refractivity contribution in [2.75, 3.05) is 5.32 Å². The third-order valence-electron chi connectivity index (χ3n) is 6.01. The molecule has 3 aromatic carbocycles. The topological polar surface area (TPSA) is 128 Å². The Labute approximate surface area is 208 Å². The molecule has 0 radical (unpaired) electrons. The van der Waals surface area contributed by atoms with Gasteiger partial charge in [-0.1, -0.05) is 60.7 Å². The molecule has 0 saturated carbocycles. The average Bonchev–Trinajstić information content (AvgIpc) is 3.36. The Bertz CT molecular complexity index is 1910. The van der Waals surface area contributed by atoms with E-state index >= 15 is 0 Å². The predicted octanol–water partition coefficient (Wildman–Crippen LogP) is 3.12. The van der Waals surface area contributed by atoms with Gasteiger partial charge < -0.3 is 10.3 Å². The number of aromatic nitrogens is 6. The van der Waals surface area contributed by atoms with E-state index in [0.29, 0.717) is 33.2 Å². The standard InChI is InChI=1S/C27H19N7O3/c35-25-20-14-30-34(24(20)28-16-29-25)22-13-7-6-12-21(22)31-26(36)23-18-10-4-5-11-19(18)27(37)33(32-23)15-17-8-2-1-3-9-17/h1-14,16H,15H2,(H,31,36)(H,28,29,35). The lowest BCUT2D eigenvalue weighted by molar-refractivity contribution is 0.102. The zero-order valence-electron chi connectivity index (χ0n) is 19.3. The molecule has 10 heteroatoms. The number of nitrogens with one attached hydrogen (secondary N) is 2. The van der Waals surface area contributed by atoms with Crippen LogP contribution in [0.2, 0.25) is 0 Å². The fraction of sp³-hybridized carbons (Fsp3) is 0.0370. The molecular formula is C27H19N7O3. The molecule has 0 aliphatic heterocycles. The number of hydrogen-bond donors (Lipinski definition) is 2. The second-order valence-electron chi connectivity index (χ2n) is 8.34. The number of carbonyl (C=O) groups excluding carboxylic acids is 1. The monoisotopic (exact) mass is 489 g/mol. The van der Waals surface area contributed by atoms with Crippen LogP contribution in [0.5, 0.6) is 0 Å². The van der Waals surface area contributed by atoms with Gasteiger partial charge in [0, 0.05) is 5.39 Å².